The van der Waals surface area contributed by atoms with Crippen molar-refractivity contribution in [2.75, 3.05) is 19.3 Å². The lowest BCUT2D eigenvalue weighted by Gasteiger charge is -2.71. The van der Waals surface area contributed by atoms with Crippen LogP contribution in [-0.2, 0) is 10.0 Å². The first-order chi connectivity index (χ1) is 19.6. The number of carbonyl (C=O) groups excluding carboxylic acids is 1. The Morgan fingerprint density at radius 1 is 1.02 bits per heavy atom. The number of hydrogen-bond donors (Lipinski definition) is 2. The molecule has 9 heteroatoms. The van der Waals surface area contributed by atoms with Crippen LogP contribution in [0, 0.1) is 45.1 Å². The van der Waals surface area contributed by atoms with Gasteiger partial charge in [-0.2, -0.15) is 4.31 Å². The molecule has 7 rings (SSSR count). The summed E-state index contributed by atoms with van der Waals surface area (Å²) >= 11 is 0. The van der Waals surface area contributed by atoms with Crippen molar-refractivity contribution in [3.05, 3.63) is 59.2 Å². The third-order valence-corrected chi connectivity index (χ3v) is 13.8. The summed E-state index contributed by atoms with van der Waals surface area (Å²) in [6.45, 7) is 6.56. The zero-order chi connectivity index (χ0) is 30.5. The molecule has 2 N–H and O–H groups in total. The summed E-state index contributed by atoms with van der Waals surface area (Å²) in [4.78, 5) is 14.4. The van der Waals surface area contributed by atoms with Gasteiger partial charge in [0.25, 0.3) is 0 Å². The molecule has 0 amide bonds. The highest BCUT2D eigenvalue weighted by Gasteiger charge is 2.74. The first kappa shape index (κ1) is 30.1. The Bertz CT molecular complexity index is 1490. The zero-order valence-corrected chi connectivity index (χ0v) is 25.8. The molecule has 3 fully saturated rings. The van der Waals surface area contributed by atoms with Crippen LogP contribution in [0.3, 0.4) is 0 Å². The van der Waals surface area contributed by atoms with Crippen molar-refractivity contribution in [2.24, 2.45) is 33.5 Å². The Balaban J connectivity index is 1.51. The first-order valence-corrected chi connectivity index (χ1v) is 17.2. The molecule has 0 aliphatic heterocycles. The van der Waals surface area contributed by atoms with Gasteiger partial charge >= 0.3 is 0 Å². The van der Waals surface area contributed by atoms with Crippen molar-refractivity contribution in [3.63, 3.8) is 0 Å². The summed E-state index contributed by atoms with van der Waals surface area (Å²) in [7, 11) is -3.55. The first-order valence-electron chi connectivity index (χ1n) is 15.4. The molecule has 1 unspecified atom stereocenters. The number of benzene rings is 1. The molecule has 3 saturated carbocycles. The fourth-order valence-electron chi connectivity index (χ4n) is 10.3. The van der Waals surface area contributed by atoms with E-state index in [4.69, 9.17) is 0 Å². The molecule has 1 aromatic carbocycles. The summed E-state index contributed by atoms with van der Waals surface area (Å²) in [6, 6.07) is 3.27. The van der Waals surface area contributed by atoms with Crippen LogP contribution >= 0.6 is 0 Å². The van der Waals surface area contributed by atoms with Gasteiger partial charge in [-0.1, -0.05) is 39.0 Å². The van der Waals surface area contributed by atoms with Crippen LogP contribution in [0.15, 0.2) is 42.0 Å². The van der Waals surface area contributed by atoms with E-state index in [1.807, 2.05) is 13.0 Å². The summed E-state index contributed by atoms with van der Waals surface area (Å²) in [5, 5.41) is 23.2. The van der Waals surface area contributed by atoms with Crippen LogP contribution in [0.2, 0.25) is 0 Å². The number of allylic oxidation sites excluding steroid dienone is 4. The minimum atomic E-state index is -3.55. The van der Waals surface area contributed by atoms with E-state index < -0.39 is 49.6 Å². The van der Waals surface area contributed by atoms with E-state index in [1.165, 1.54) is 16.6 Å². The van der Waals surface area contributed by atoms with Gasteiger partial charge in [0.2, 0.25) is 10.0 Å². The standard InChI is InChI=1S/C33H43F2NO5S/c1-5-16-36(42(4,40)41)20-32(39)13-10-27-30(32,3)12-9-26-29(2)11-8-22(37)18-31(29)14-15-33(26,27)23(19-31)28(38)21-6-7-24(34)25(35)17-21/h6-7,14-15,17,19,22,26-27,37,39H,5,8-13,16,18,20H2,1-4H3/t22?,26-,27-,29-,30+,31+,32-,33-/m1/s1. The minimum absolute atomic E-state index is 0.000694. The van der Waals surface area contributed by atoms with Gasteiger partial charge in [-0.05, 0) is 86.8 Å². The molecule has 6 aliphatic rings. The Labute approximate surface area is 247 Å². The lowest BCUT2D eigenvalue weighted by molar-refractivity contribution is -0.173. The summed E-state index contributed by atoms with van der Waals surface area (Å²) in [6.07, 6.45) is 12.0. The molecule has 0 saturated heterocycles. The van der Waals surface area contributed by atoms with E-state index in [2.05, 4.69) is 26.0 Å². The number of aliphatic hydroxyl groups excluding tert-OH is 1. The molecule has 0 aromatic heterocycles. The molecular formula is C33H43F2NO5S. The van der Waals surface area contributed by atoms with E-state index in [9.17, 15) is 32.2 Å². The average Bonchev–Trinajstić information content (AvgIpc) is 3.19. The van der Waals surface area contributed by atoms with Crippen molar-refractivity contribution in [3.8, 4) is 0 Å². The number of rotatable bonds is 7. The number of carbonyl (C=O) groups is 1. The maximum Gasteiger partial charge on any atom is 0.211 e. The number of aliphatic hydroxyl groups is 2. The van der Waals surface area contributed by atoms with Gasteiger partial charge in [0.1, 0.15) is 0 Å². The Morgan fingerprint density at radius 3 is 2.36 bits per heavy atom. The quantitative estimate of drug-likeness (QED) is 0.321. The maximum absolute atomic E-state index is 14.4. The minimum Gasteiger partial charge on any atom is -0.393 e. The van der Waals surface area contributed by atoms with Gasteiger partial charge in [0, 0.05) is 40.5 Å². The Hall–Kier alpha value is -1.94. The van der Waals surface area contributed by atoms with Crippen LogP contribution in [0.4, 0.5) is 8.78 Å². The lowest BCUT2D eigenvalue weighted by atomic mass is 9.32. The molecule has 230 valence electrons. The van der Waals surface area contributed by atoms with Crippen molar-refractivity contribution < 1.29 is 32.2 Å². The molecule has 1 aromatic rings. The SMILES string of the molecule is CCCN(C[C@]1(O)CC[C@H]2[C@]34C=C[C@@]5(C=C3C(=O)c3ccc(F)c(F)c3)CC(O)CC[C@]5(C)[C@H]4CC[C@@]21C)S(C)(=O)=O. The van der Waals surface area contributed by atoms with Crippen molar-refractivity contribution in [1.82, 2.24) is 4.31 Å². The number of sulfonamides is 1. The molecule has 2 spiro atoms. The van der Waals surface area contributed by atoms with Crippen LogP contribution in [0.5, 0.6) is 0 Å². The Morgan fingerprint density at radius 2 is 1.69 bits per heavy atom. The number of Topliss-reactive ketones (excluding diaryl/α,β-unsaturated/α-hetero) is 1. The smallest absolute Gasteiger partial charge is 0.211 e. The second kappa shape index (κ2) is 9.53. The molecule has 6 nitrogen and oxygen atoms in total. The monoisotopic (exact) mass is 603 g/mol. The summed E-state index contributed by atoms with van der Waals surface area (Å²) in [5.74, 6) is -2.58. The molecule has 0 radical (unpaired) electrons. The third kappa shape index (κ3) is 3.88. The van der Waals surface area contributed by atoms with Crippen LogP contribution in [-0.4, -0.2) is 59.8 Å². The van der Waals surface area contributed by atoms with E-state index in [0.717, 1.165) is 25.0 Å². The number of fused-ring (bicyclic) bond motifs is 1. The number of nitrogens with zero attached hydrogens (tertiary/aromatic N) is 1. The van der Waals surface area contributed by atoms with Crippen molar-refractivity contribution >= 4 is 15.8 Å². The second-order valence-electron chi connectivity index (χ2n) is 14.4. The van der Waals surface area contributed by atoms with Gasteiger partial charge in [-0.15, -0.1) is 0 Å². The predicted octanol–water partition coefficient (Wildman–Crippen LogP) is 5.41. The molecular weight excluding hydrogens is 560 g/mol. The zero-order valence-electron chi connectivity index (χ0n) is 25.0. The number of halogens is 2. The van der Waals surface area contributed by atoms with Gasteiger partial charge in [0.15, 0.2) is 17.4 Å². The summed E-state index contributed by atoms with van der Waals surface area (Å²) < 4.78 is 55.1. The van der Waals surface area contributed by atoms with Crippen LogP contribution < -0.4 is 0 Å². The van der Waals surface area contributed by atoms with Gasteiger partial charge in [-0.25, -0.2) is 17.2 Å². The third-order valence-electron chi connectivity index (χ3n) is 12.5. The second-order valence-corrected chi connectivity index (χ2v) is 16.3. The molecule has 0 heterocycles. The van der Waals surface area contributed by atoms with Crippen molar-refractivity contribution in [2.45, 2.75) is 83.8 Å². The van der Waals surface area contributed by atoms with Gasteiger partial charge in [0.05, 0.1) is 18.0 Å². The largest absolute Gasteiger partial charge is 0.393 e. The van der Waals surface area contributed by atoms with E-state index in [0.29, 0.717) is 50.6 Å². The molecule has 8 atom stereocenters. The topological polar surface area (TPSA) is 94.9 Å². The highest BCUT2D eigenvalue weighted by atomic mass is 32.2. The summed E-state index contributed by atoms with van der Waals surface area (Å²) in [5.41, 5.74) is -2.91. The van der Waals surface area contributed by atoms with Crippen LogP contribution in [0.1, 0.15) is 82.5 Å². The number of hydrogen-bond acceptors (Lipinski definition) is 5. The van der Waals surface area contributed by atoms with E-state index in [1.54, 1.807) is 0 Å². The Kier molecular flexibility index (Phi) is 6.83. The normalized spacial score (nSPS) is 42.2. The maximum atomic E-state index is 14.4. The molecule has 2 bridgehead atoms. The molecule has 6 aliphatic carbocycles. The highest BCUT2D eigenvalue weighted by molar-refractivity contribution is 7.88. The van der Waals surface area contributed by atoms with Crippen LogP contribution in [0.25, 0.3) is 0 Å². The lowest BCUT2D eigenvalue weighted by Crippen LogP contribution is -2.67. The fraction of sp³-hybridized carbons (Fsp3) is 0.667. The average molecular weight is 604 g/mol. The van der Waals surface area contributed by atoms with Gasteiger partial charge in [-0.3, -0.25) is 4.79 Å². The van der Waals surface area contributed by atoms with E-state index >= 15 is 0 Å². The van der Waals surface area contributed by atoms with Crippen molar-refractivity contribution in [1.29, 1.82) is 0 Å². The van der Waals surface area contributed by atoms with E-state index in [-0.39, 0.29) is 35.1 Å². The highest BCUT2D eigenvalue weighted by Crippen LogP contribution is 2.78. The van der Waals surface area contributed by atoms with Gasteiger partial charge < -0.3 is 10.2 Å². The predicted molar refractivity (Wildman–Crippen MR) is 156 cm³/mol. The fourth-order valence-corrected chi connectivity index (χ4v) is 11.3. The molecule has 42 heavy (non-hydrogen) atoms. The number of ketones is 1.